The molecule has 0 amide bonds. The third-order valence-corrected chi connectivity index (χ3v) is 3.62. The molecule has 0 aliphatic rings. The Morgan fingerprint density at radius 2 is 1.89 bits per heavy atom. The van der Waals surface area contributed by atoms with Gasteiger partial charge in [-0.25, -0.2) is 0 Å². The largest absolute Gasteiger partial charge is 0.494 e. The standard InChI is InChI=1S/C16H26BrNO/c1-12(2)7-8-19-15-5-6-16(17)14(9-15)11-18-10-13(3)4/h5-6,9,12-13,18H,7-8,10-11H2,1-4H3. The summed E-state index contributed by atoms with van der Waals surface area (Å²) in [6.45, 7) is 11.6. The van der Waals surface area contributed by atoms with Crippen LogP contribution in [-0.4, -0.2) is 13.2 Å². The Labute approximate surface area is 126 Å². The molecule has 19 heavy (non-hydrogen) atoms. The molecule has 3 heteroatoms. The van der Waals surface area contributed by atoms with Crippen LogP contribution in [0.25, 0.3) is 0 Å². The van der Waals surface area contributed by atoms with Crippen molar-refractivity contribution < 1.29 is 4.74 Å². The SMILES string of the molecule is CC(C)CCOc1ccc(Br)c(CNCC(C)C)c1. The maximum absolute atomic E-state index is 5.79. The first-order chi connectivity index (χ1) is 8.99. The molecule has 1 aromatic rings. The van der Waals surface area contributed by atoms with Gasteiger partial charge in [-0.05, 0) is 48.6 Å². The lowest BCUT2D eigenvalue weighted by Crippen LogP contribution is -2.19. The summed E-state index contributed by atoms with van der Waals surface area (Å²) in [6.07, 6.45) is 1.09. The zero-order valence-corrected chi connectivity index (χ0v) is 14.1. The summed E-state index contributed by atoms with van der Waals surface area (Å²) in [5, 5.41) is 3.46. The van der Waals surface area contributed by atoms with E-state index in [0.717, 1.165) is 36.3 Å². The summed E-state index contributed by atoms with van der Waals surface area (Å²) in [6, 6.07) is 6.21. The van der Waals surface area contributed by atoms with Crippen LogP contribution in [-0.2, 0) is 6.54 Å². The van der Waals surface area contributed by atoms with Crippen molar-refractivity contribution in [3.05, 3.63) is 28.2 Å². The van der Waals surface area contributed by atoms with E-state index in [1.54, 1.807) is 0 Å². The van der Waals surface area contributed by atoms with E-state index in [-0.39, 0.29) is 0 Å². The minimum atomic E-state index is 0.671. The van der Waals surface area contributed by atoms with Crippen LogP contribution in [0.2, 0.25) is 0 Å². The van der Waals surface area contributed by atoms with Crippen LogP contribution >= 0.6 is 15.9 Å². The molecule has 1 N–H and O–H groups in total. The lowest BCUT2D eigenvalue weighted by molar-refractivity contribution is 0.289. The zero-order valence-electron chi connectivity index (χ0n) is 12.5. The van der Waals surface area contributed by atoms with E-state index < -0.39 is 0 Å². The summed E-state index contributed by atoms with van der Waals surface area (Å²) in [7, 11) is 0. The van der Waals surface area contributed by atoms with Crippen molar-refractivity contribution in [2.75, 3.05) is 13.2 Å². The number of nitrogens with one attached hydrogen (secondary N) is 1. The van der Waals surface area contributed by atoms with Gasteiger partial charge in [0.05, 0.1) is 6.61 Å². The molecular formula is C16H26BrNO. The quantitative estimate of drug-likeness (QED) is 0.752. The highest BCUT2D eigenvalue weighted by Crippen LogP contribution is 2.23. The van der Waals surface area contributed by atoms with Gasteiger partial charge in [-0.1, -0.05) is 43.6 Å². The first-order valence-electron chi connectivity index (χ1n) is 7.11. The molecule has 0 spiro atoms. The second-order valence-electron chi connectivity index (χ2n) is 5.81. The number of hydrogen-bond donors (Lipinski definition) is 1. The van der Waals surface area contributed by atoms with Crippen LogP contribution in [0.5, 0.6) is 5.75 Å². The molecule has 0 fully saturated rings. The number of ether oxygens (including phenoxy) is 1. The highest BCUT2D eigenvalue weighted by Gasteiger charge is 2.04. The minimum absolute atomic E-state index is 0.671. The molecule has 108 valence electrons. The molecule has 0 saturated heterocycles. The second-order valence-corrected chi connectivity index (χ2v) is 6.66. The molecular weight excluding hydrogens is 302 g/mol. The van der Waals surface area contributed by atoms with E-state index >= 15 is 0 Å². The number of hydrogen-bond acceptors (Lipinski definition) is 2. The normalized spacial score (nSPS) is 11.3. The van der Waals surface area contributed by atoms with Gasteiger partial charge in [-0.2, -0.15) is 0 Å². The van der Waals surface area contributed by atoms with Crippen molar-refractivity contribution in [3.63, 3.8) is 0 Å². The maximum Gasteiger partial charge on any atom is 0.119 e. The first kappa shape index (κ1) is 16.5. The van der Waals surface area contributed by atoms with Gasteiger partial charge in [0.25, 0.3) is 0 Å². The molecule has 0 bridgehead atoms. The van der Waals surface area contributed by atoms with Gasteiger partial charge in [0.15, 0.2) is 0 Å². The number of halogens is 1. The third kappa shape index (κ3) is 6.98. The molecule has 0 saturated carbocycles. The third-order valence-electron chi connectivity index (χ3n) is 2.85. The van der Waals surface area contributed by atoms with Crippen LogP contribution in [0.1, 0.15) is 39.7 Å². The molecule has 0 radical (unpaired) electrons. The van der Waals surface area contributed by atoms with Crippen molar-refractivity contribution in [3.8, 4) is 5.75 Å². The predicted octanol–water partition coefficient (Wildman–Crippen LogP) is 4.62. The van der Waals surface area contributed by atoms with Crippen LogP contribution in [0.4, 0.5) is 0 Å². The van der Waals surface area contributed by atoms with Gasteiger partial charge in [0, 0.05) is 11.0 Å². The second kappa shape index (κ2) is 8.60. The van der Waals surface area contributed by atoms with E-state index in [2.05, 4.69) is 61.1 Å². The zero-order chi connectivity index (χ0) is 14.3. The highest BCUT2D eigenvalue weighted by molar-refractivity contribution is 9.10. The van der Waals surface area contributed by atoms with Gasteiger partial charge in [0.1, 0.15) is 5.75 Å². The monoisotopic (exact) mass is 327 g/mol. The minimum Gasteiger partial charge on any atom is -0.494 e. The number of rotatable bonds is 8. The van der Waals surface area contributed by atoms with Crippen molar-refractivity contribution in [1.82, 2.24) is 5.32 Å². The molecule has 1 aromatic carbocycles. The molecule has 1 rings (SSSR count). The van der Waals surface area contributed by atoms with Crippen LogP contribution in [0.3, 0.4) is 0 Å². The summed E-state index contributed by atoms with van der Waals surface area (Å²) < 4.78 is 6.93. The molecule has 0 atom stereocenters. The van der Waals surface area contributed by atoms with Gasteiger partial charge < -0.3 is 10.1 Å². The summed E-state index contributed by atoms with van der Waals surface area (Å²) in [5.74, 6) is 2.32. The van der Waals surface area contributed by atoms with Crippen LogP contribution in [0, 0.1) is 11.8 Å². The average Bonchev–Trinajstić information content (AvgIpc) is 2.32. The molecule has 0 heterocycles. The smallest absolute Gasteiger partial charge is 0.119 e. The van der Waals surface area contributed by atoms with Gasteiger partial charge in [-0.15, -0.1) is 0 Å². The molecule has 0 aliphatic carbocycles. The van der Waals surface area contributed by atoms with E-state index in [9.17, 15) is 0 Å². The fourth-order valence-corrected chi connectivity index (χ4v) is 2.07. The molecule has 0 unspecified atom stereocenters. The van der Waals surface area contributed by atoms with Crippen LogP contribution < -0.4 is 10.1 Å². The van der Waals surface area contributed by atoms with Crippen molar-refractivity contribution in [1.29, 1.82) is 0 Å². The lowest BCUT2D eigenvalue weighted by atomic mass is 10.1. The molecule has 0 aliphatic heterocycles. The van der Waals surface area contributed by atoms with Gasteiger partial charge >= 0.3 is 0 Å². The predicted molar refractivity (Wildman–Crippen MR) is 85.6 cm³/mol. The van der Waals surface area contributed by atoms with E-state index in [1.807, 2.05) is 6.07 Å². The van der Waals surface area contributed by atoms with Crippen molar-refractivity contribution in [2.24, 2.45) is 11.8 Å². The lowest BCUT2D eigenvalue weighted by Gasteiger charge is -2.12. The van der Waals surface area contributed by atoms with E-state index in [1.165, 1.54) is 5.56 Å². The van der Waals surface area contributed by atoms with Gasteiger partial charge in [-0.3, -0.25) is 0 Å². The Kier molecular flexibility index (Phi) is 7.47. The fourth-order valence-electron chi connectivity index (χ4n) is 1.68. The maximum atomic E-state index is 5.79. The van der Waals surface area contributed by atoms with Crippen molar-refractivity contribution >= 4 is 15.9 Å². The van der Waals surface area contributed by atoms with E-state index in [0.29, 0.717) is 11.8 Å². The Morgan fingerprint density at radius 1 is 1.16 bits per heavy atom. The Balaban J connectivity index is 2.51. The van der Waals surface area contributed by atoms with E-state index in [4.69, 9.17) is 4.74 Å². The summed E-state index contributed by atoms with van der Waals surface area (Å²) in [5.41, 5.74) is 1.25. The summed E-state index contributed by atoms with van der Waals surface area (Å²) >= 11 is 3.59. The number of benzene rings is 1. The van der Waals surface area contributed by atoms with Gasteiger partial charge in [0.2, 0.25) is 0 Å². The molecule has 0 aromatic heterocycles. The fraction of sp³-hybridized carbons (Fsp3) is 0.625. The highest BCUT2D eigenvalue weighted by atomic mass is 79.9. The Hall–Kier alpha value is -0.540. The van der Waals surface area contributed by atoms with Crippen LogP contribution in [0.15, 0.2) is 22.7 Å². The van der Waals surface area contributed by atoms with Crippen molar-refractivity contribution in [2.45, 2.75) is 40.7 Å². The summed E-state index contributed by atoms with van der Waals surface area (Å²) in [4.78, 5) is 0. The topological polar surface area (TPSA) is 21.3 Å². The molecule has 2 nitrogen and oxygen atoms in total. The first-order valence-corrected chi connectivity index (χ1v) is 7.90. The average molecular weight is 328 g/mol. The Bertz CT molecular complexity index is 377. The Morgan fingerprint density at radius 3 is 2.53 bits per heavy atom.